The zero-order valence-electron chi connectivity index (χ0n) is 11.6. The maximum absolute atomic E-state index is 5.65. The van der Waals surface area contributed by atoms with Gasteiger partial charge in [-0.25, -0.2) is 0 Å². The van der Waals surface area contributed by atoms with Crippen molar-refractivity contribution in [2.45, 2.75) is 39.5 Å². The Bertz CT molecular complexity index is 179. The largest absolute Gasteiger partial charge is 0.381 e. The van der Waals surface area contributed by atoms with Crippen molar-refractivity contribution in [3.63, 3.8) is 0 Å². The van der Waals surface area contributed by atoms with E-state index in [0.717, 1.165) is 50.6 Å². The highest BCUT2D eigenvalue weighted by molar-refractivity contribution is 4.68. The molecule has 0 amide bonds. The number of hydrogen-bond donors (Lipinski definition) is 2. The van der Waals surface area contributed by atoms with Crippen molar-refractivity contribution in [3.05, 3.63) is 0 Å². The van der Waals surface area contributed by atoms with Gasteiger partial charge in [0.15, 0.2) is 0 Å². The van der Waals surface area contributed by atoms with Crippen LogP contribution in [0.15, 0.2) is 0 Å². The summed E-state index contributed by atoms with van der Waals surface area (Å²) in [6.45, 7) is 9.63. The average Bonchev–Trinajstić information content (AvgIpc) is 2.80. The molecule has 0 bridgehead atoms. The van der Waals surface area contributed by atoms with Gasteiger partial charge in [-0.2, -0.15) is 0 Å². The van der Waals surface area contributed by atoms with Gasteiger partial charge in [0.25, 0.3) is 0 Å². The van der Waals surface area contributed by atoms with Crippen molar-refractivity contribution in [2.24, 2.45) is 23.5 Å². The molecule has 3 heteroatoms. The quantitative estimate of drug-likeness (QED) is 0.608. The number of nitrogens with one attached hydrogen (secondary N) is 1. The molecule has 0 aromatic rings. The van der Waals surface area contributed by atoms with Crippen LogP contribution in [0.1, 0.15) is 39.5 Å². The van der Waals surface area contributed by atoms with Crippen LogP contribution in [0.4, 0.5) is 0 Å². The van der Waals surface area contributed by atoms with Crippen LogP contribution in [0, 0.1) is 17.8 Å². The van der Waals surface area contributed by atoms with E-state index in [9.17, 15) is 0 Å². The third kappa shape index (κ3) is 6.39. The molecule has 102 valence electrons. The molecule has 1 heterocycles. The molecule has 1 fully saturated rings. The van der Waals surface area contributed by atoms with E-state index >= 15 is 0 Å². The molecule has 2 unspecified atom stereocenters. The first-order valence-corrected chi connectivity index (χ1v) is 7.22. The number of rotatable bonds is 9. The lowest BCUT2D eigenvalue weighted by molar-refractivity contribution is 0.185. The number of ether oxygens (including phenoxy) is 1. The summed E-state index contributed by atoms with van der Waals surface area (Å²) in [6.07, 6.45) is 4.99. The average molecular weight is 242 g/mol. The Morgan fingerprint density at radius 1 is 1.35 bits per heavy atom. The van der Waals surface area contributed by atoms with Gasteiger partial charge in [-0.15, -0.1) is 0 Å². The van der Waals surface area contributed by atoms with E-state index in [1.54, 1.807) is 0 Å². The second-order valence-electron chi connectivity index (χ2n) is 5.66. The van der Waals surface area contributed by atoms with Gasteiger partial charge >= 0.3 is 0 Å². The molecule has 1 aliphatic heterocycles. The van der Waals surface area contributed by atoms with Crippen molar-refractivity contribution >= 4 is 0 Å². The van der Waals surface area contributed by atoms with Crippen LogP contribution in [-0.4, -0.2) is 32.8 Å². The summed E-state index contributed by atoms with van der Waals surface area (Å²) in [6, 6.07) is 0. The summed E-state index contributed by atoms with van der Waals surface area (Å²) < 4.78 is 5.36. The Balaban J connectivity index is 1.97. The van der Waals surface area contributed by atoms with Gasteiger partial charge in [0.2, 0.25) is 0 Å². The second kappa shape index (κ2) is 8.90. The first kappa shape index (κ1) is 14.9. The van der Waals surface area contributed by atoms with Gasteiger partial charge in [0.1, 0.15) is 0 Å². The lowest BCUT2D eigenvalue weighted by Gasteiger charge is -2.20. The highest BCUT2D eigenvalue weighted by atomic mass is 16.5. The molecule has 0 spiro atoms. The van der Waals surface area contributed by atoms with Crippen LogP contribution in [0.5, 0.6) is 0 Å². The molecule has 1 rings (SSSR count). The van der Waals surface area contributed by atoms with E-state index in [1.165, 1.54) is 25.7 Å². The standard InChI is InChI=1S/C14H30N2O/c1-12(2)14(5-7-15)4-3-8-16-10-13-6-9-17-11-13/h12-14,16H,3-11,15H2,1-2H3. The predicted molar refractivity (Wildman–Crippen MR) is 73.0 cm³/mol. The van der Waals surface area contributed by atoms with Crippen molar-refractivity contribution in [2.75, 3.05) is 32.8 Å². The second-order valence-corrected chi connectivity index (χ2v) is 5.66. The van der Waals surface area contributed by atoms with Gasteiger partial charge in [-0.05, 0) is 56.5 Å². The molecule has 17 heavy (non-hydrogen) atoms. The molecular weight excluding hydrogens is 212 g/mol. The fraction of sp³-hybridized carbons (Fsp3) is 1.00. The van der Waals surface area contributed by atoms with Crippen LogP contribution in [0.3, 0.4) is 0 Å². The minimum absolute atomic E-state index is 0.750. The molecular formula is C14H30N2O. The molecule has 3 nitrogen and oxygen atoms in total. The van der Waals surface area contributed by atoms with Gasteiger partial charge in [0.05, 0.1) is 6.61 Å². The van der Waals surface area contributed by atoms with Crippen LogP contribution in [0.25, 0.3) is 0 Å². The zero-order chi connectivity index (χ0) is 12.5. The number of nitrogens with two attached hydrogens (primary N) is 1. The molecule has 1 aliphatic rings. The summed E-state index contributed by atoms with van der Waals surface area (Å²) >= 11 is 0. The summed E-state index contributed by atoms with van der Waals surface area (Å²) in [5, 5.41) is 3.55. The topological polar surface area (TPSA) is 47.3 Å². The lowest BCUT2D eigenvalue weighted by atomic mass is 9.88. The molecule has 0 aromatic heterocycles. The first-order chi connectivity index (χ1) is 8.24. The van der Waals surface area contributed by atoms with Gasteiger partial charge < -0.3 is 15.8 Å². The van der Waals surface area contributed by atoms with Crippen LogP contribution in [0.2, 0.25) is 0 Å². The Hall–Kier alpha value is -0.120. The predicted octanol–water partition coefficient (Wildman–Crippen LogP) is 2.01. The van der Waals surface area contributed by atoms with Crippen molar-refractivity contribution in [1.82, 2.24) is 5.32 Å². The fourth-order valence-electron chi connectivity index (χ4n) is 2.56. The van der Waals surface area contributed by atoms with Crippen LogP contribution < -0.4 is 11.1 Å². The Morgan fingerprint density at radius 2 is 2.18 bits per heavy atom. The van der Waals surface area contributed by atoms with E-state index in [-0.39, 0.29) is 0 Å². The van der Waals surface area contributed by atoms with E-state index in [0.29, 0.717) is 0 Å². The van der Waals surface area contributed by atoms with E-state index in [2.05, 4.69) is 19.2 Å². The zero-order valence-corrected chi connectivity index (χ0v) is 11.6. The highest BCUT2D eigenvalue weighted by Gasteiger charge is 2.15. The molecule has 0 aliphatic carbocycles. The van der Waals surface area contributed by atoms with Gasteiger partial charge in [-0.1, -0.05) is 13.8 Å². The van der Waals surface area contributed by atoms with Crippen LogP contribution >= 0.6 is 0 Å². The Labute approximate surface area is 106 Å². The van der Waals surface area contributed by atoms with Crippen molar-refractivity contribution in [3.8, 4) is 0 Å². The van der Waals surface area contributed by atoms with E-state index < -0.39 is 0 Å². The maximum Gasteiger partial charge on any atom is 0.0507 e. The Kier molecular flexibility index (Phi) is 7.82. The minimum Gasteiger partial charge on any atom is -0.381 e. The SMILES string of the molecule is CC(C)C(CCN)CCCNCC1CCOC1. The molecule has 0 radical (unpaired) electrons. The van der Waals surface area contributed by atoms with Gasteiger partial charge in [-0.3, -0.25) is 0 Å². The third-order valence-corrected chi connectivity index (χ3v) is 3.87. The third-order valence-electron chi connectivity index (χ3n) is 3.87. The highest BCUT2D eigenvalue weighted by Crippen LogP contribution is 2.20. The molecule has 0 aromatic carbocycles. The smallest absolute Gasteiger partial charge is 0.0507 e. The van der Waals surface area contributed by atoms with E-state index in [1.807, 2.05) is 0 Å². The summed E-state index contributed by atoms with van der Waals surface area (Å²) in [7, 11) is 0. The van der Waals surface area contributed by atoms with E-state index in [4.69, 9.17) is 10.5 Å². The minimum atomic E-state index is 0.750. The molecule has 1 saturated heterocycles. The maximum atomic E-state index is 5.65. The summed E-state index contributed by atoms with van der Waals surface area (Å²) in [5.74, 6) is 2.32. The molecule has 3 N–H and O–H groups in total. The molecule has 2 atom stereocenters. The first-order valence-electron chi connectivity index (χ1n) is 7.22. The normalized spacial score (nSPS) is 22.2. The number of hydrogen-bond acceptors (Lipinski definition) is 3. The van der Waals surface area contributed by atoms with Crippen molar-refractivity contribution < 1.29 is 4.74 Å². The van der Waals surface area contributed by atoms with Crippen molar-refractivity contribution in [1.29, 1.82) is 0 Å². The molecule has 0 saturated carbocycles. The fourth-order valence-corrected chi connectivity index (χ4v) is 2.56. The van der Waals surface area contributed by atoms with Gasteiger partial charge in [0, 0.05) is 13.2 Å². The monoisotopic (exact) mass is 242 g/mol. The summed E-state index contributed by atoms with van der Waals surface area (Å²) in [4.78, 5) is 0. The lowest BCUT2D eigenvalue weighted by Crippen LogP contribution is -2.25. The summed E-state index contributed by atoms with van der Waals surface area (Å²) in [5.41, 5.74) is 5.65. The van der Waals surface area contributed by atoms with Crippen LogP contribution in [-0.2, 0) is 4.74 Å². The Morgan fingerprint density at radius 3 is 2.76 bits per heavy atom.